The van der Waals surface area contributed by atoms with Gasteiger partial charge in [-0.25, -0.2) is 0 Å². The maximum absolute atomic E-state index is 13.7. The summed E-state index contributed by atoms with van der Waals surface area (Å²) in [5.74, 6) is 0.158. The van der Waals surface area contributed by atoms with E-state index in [4.69, 9.17) is 0 Å². The third-order valence-electron chi connectivity index (χ3n) is 6.18. The Balaban J connectivity index is 1.66. The Kier molecular flexibility index (Phi) is 4.31. The van der Waals surface area contributed by atoms with Crippen LogP contribution in [0.2, 0.25) is 0 Å². The Bertz CT molecular complexity index is 783. The summed E-state index contributed by atoms with van der Waals surface area (Å²) in [6.07, 6.45) is 6.83. The minimum atomic E-state index is -1.12. The van der Waals surface area contributed by atoms with Crippen LogP contribution >= 0.6 is 0 Å². The molecule has 6 heteroatoms. The summed E-state index contributed by atoms with van der Waals surface area (Å²) in [6, 6.07) is 8.24. The van der Waals surface area contributed by atoms with Crippen LogP contribution in [0, 0.1) is 6.92 Å². The number of aryl methyl sites for hydroxylation is 1. The molecule has 1 saturated heterocycles. The molecule has 0 radical (unpaired) electrons. The highest BCUT2D eigenvalue weighted by Crippen LogP contribution is 2.45. The number of carbonyl (C=O) groups is 1. The van der Waals surface area contributed by atoms with Crippen molar-refractivity contribution in [2.75, 3.05) is 13.1 Å². The Morgan fingerprint density at radius 3 is 2.65 bits per heavy atom. The van der Waals surface area contributed by atoms with Crippen molar-refractivity contribution in [3.63, 3.8) is 0 Å². The van der Waals surface area contributed by atoms with Gasteiger partial charge in [-0.05, 0) is 43.7 Å². The molecule has 2 N–H and O–H groups in total. The van der Waals surface area contributed by atoms with Gasteiger partial charge in [0.05, 0.1) is 18.2 Å². The van der Waals surface area contributed by atoms with Gasteiger partial charge >= 0.3 is 0 Å². The zero-order valence-corrected chi connectivity index (χ0v) is 15.2. The summed E-state index contributed by atoms with van der Waals surface area (Å²) in [5.41, 5.74) is 1.27. The quantitative estimate of drug-likeness (QED) is 0.887. The van der Waals surface area contributed by atoms with E-state index < -0.39 is 11.0 Å². The molecule has 1 atom stereocenters. The van der Waals surface area contributed by atoms with E-state index in [0.717, 1.165) is 37.7 Å². The zero-order valence-electron chi connectivity index (χ0n) is 15.2. The molecular weight excluding hydrogens is 328 g/mol. The van der Waals surface area contributed by atoms with Gasteiger partial charge in [0.2, 0.25) is 5.91 Å². The molecule has 2 aliphatic rings. The van der Waals surface area contributed by atoms with Crippen LogP contribution in [0.5, 0.6) is 0 Å². The van der Waals surface area contributed by atoms with Gasteiger partial charge < -0.3 is 10.0 Å². The van der Waals surface area contributed by atoms with E-state index in [2.05, 4.69) is 34.5 Å². The average molecular weight is 354 g/mol. The Hall–Kier alpha value is -2.21. The van der Waals surface area contributed by atoms with Crippen molar-refractivity contribution < 1.29 is 9.90 Å². The van der Waals surface area contributed by atoms with Gasteiger partial charge in [-0.3, -0.25) is 4.79 Å². The lowest BCUT2D eigenvalue weighted by Crippen LogP contribution is -2.54. The highest BCUT2D eigenvalue weighted by Gasteiger charge is 2.48. The molecule has 0 bridgehead atoms. The van der Waals surface area contributed by atoms with E-state index in [1.807, 2.05) is 17.0 Å². The monoisotopic (exact) mass is 354 g/mol. The molecule has 1 aliphatic heterocycles. The summed E-state index contributed by atoms with van der Waals surface area (Å²) in [5, 5.41) is 21.5. The number of amides is 1. The van der Waals surface area contributed by atoms with Gasteiger partial charge in [0.25, 0.3) is 0 Å². The fourth-order valence-electron chi connectivity index (χ4n) is 4.83. The summed E-state index contributed by atoms with van der Waals surface area (Å²) in [7, 11) is 0. The Morgan fingerprint density at radius 2 is 1.96 bits per heavy atom. The number of aromatic amines is 1. The van der Waals surface area contributed by atoms with Gasteiger partial charge in [0, 0.05) is 6.54 Å². The number of nitrogens with zero attached hydrogens (tertiary/aromatic N) is 3. The van der Waals surface area contributed by atoms with Crippen LogP contribution < -0.4 is 0 Å². The first-order chi connectivity index (χ1) is 12.6. The number of hydrogen-bond acceptors (Lipinski definition) is 4. The second-order valence-electron chi connectivity index (χ2n) is 7.82. The topological polar surface area (TPSA) is 82.1 Å². The second kappa shape index (κ2) is 6.50. The predicted octanol–water partition coefficient (Wildman–Crippen LogP) is 2.44. The number of piperidine rings is 1. The standard InChI is InChI=1S/C20H26N4O2/c1-15-7-2-3-8-16(15)19(9-4-5-10-19)18(25)24-12-6-11-20(26,14-24)17-13-21-23-22-17/h2-3,7-8,13,26H,4-6,9-12,14H2,1H3,(H,21,22,23). The minimum Gasteiger partial charge on any atom is -0.382 e. The van der Waals surface area contributed by atoms with Crippen LogP contribution in [0.15, 0.2) is 30.5 Å². The molecule has 4 rings (SSSR count). The number of likely N-dealkylation sites (tertiary alicyclic amines) is 1. The first-order valence-electron chi connectivity index (χ1n) is 9.49. The fraction of sp³-hybridized carbons (Fsp3) is 0.550. The molecule has 1 aromatic heterocycles. The molecule has 1 unspecified atom stereocenters. The highest BCUT2D eigenvalue weighted by atomic mass is 16.3. The van der Waals surface area contributed by atoms with Gasteiger partial charge in [-0.1, -0.05) is 37.1 Å². The summed E-state index contributed by atoms with van der Waals surface area (Å²) in [4.78, 5) is 15.6. The molecule has 1 aromatic carbocycles. The van der Waals surface area contributed by atoms with Crippen molar-refractivity contribution >= 4 is 5.91 Å². The average Bonchev–Trinajstić information content (AvgIpc) is 3.34. The maximum Gasteiger partial charge on any atom is 0.233 e. The van der Waals surface area contributed by atoms with Gasteiger partial charge in [-0.15, -0.1) is 0 Å². The lowest BCUT2D eigenvalue weighted by atomic mass is 9.75. The Morgan fingerprint density at radius 1 is 1.19 bits per heavy atom. The van der Waals surface area contributed by atoms with E-state index >= 15 is 0 Å². The number of nitrogens with one attached hydrogen (secondary N) is 1. The number of hydrogen-bond donors (Lipinski definition) is 2. The van der Waals surface area contributed by atoms with Gasteiger partial charge in [0.15, 0.2) is 0 Å². The molecule has 2 heterocycles. The van der Waals surface area contributed by atoms with Crippen LogP contribution in [0.4, 0.5) is 0 Å². The van der Waals surface area contributed by atoms with Crippen LogP contribution in [0.25, 0.3) is 0 Å². The molecule has 1 aliphatic carbocycles. The van der Waals surface area contributed by atoms with Crippen molar-refractivity contribution in [3.8, 4) is 0 Å². The zero-order chi connectivity index (χ0) is 18.2. The fourth-order valence-corrected chi connectivity index (χ4v) is 4.83. The molecule has 2 fully saturated rings. The lowest BCUT2D eigenvalue weighted by molar-refractivity contribution is -0.145. The Labute approximate surface area is 153 Å². The molecule has 26 heavy (non-hydrogen) atoms. The minimum absolute atomic E-state index is 0.158. The van der Waals surface area contributed by atoms with Crippen LogP contribution in [0.3, 0.4) is 0 Å². The molecule has 0 spiro atoms. The third-order valence-corrected chi connectivity index (χ3v) is 6.18. The first kappa shape index (κ1) is 17.2. The van der Waals surface area contributed by atoms with E-state index in [1.165, 1.54) is 5.56 Å². The molecule has 1 saturated carbocycles. The van der Waals surface area contributed by atoms with Crippen molar-refractivity contribution in [1.82, 2.24) is 20.3 Å². The van der Waals surface area contributed by atoms with Crippen LogP contribution in [-0.2, 0) is 15.8 Å². The highest BCUT2D eigenvalue weighted by molar-refractivity contribution is 5.89. The van der Waals surface area contributed by atoms with E-state index in [9.17, 15) is 9.90 Å². The number of carbonyl (C=O) groups excluding carboxylic acids is 1. The molecule has 6 nitrogen and oxygen atoms in total. The number of H-pyrrole nitrogens is 1. The smallest absolute Gasteiger partial charge is 0.233 e. The predicted molar refractivity (Wildman–Crippen MR) is 97.4 cm³/mol. The molecule has 138 valence electrons. The van der Waals surface area contributed by atoms with Crippen molar-refractivity contribution in [2.24, 2.45) is 0 Å². The maximum atomic E-state index is 13.7. The van der Waals surface area contributed by atoms with Gasteiger partial charge in [-0.2, -0.15) is 15.4 Å². The normalized spacial score (nSPS) is 25.4. The van der Waals surface area contributed by atoms with E-state index in [1.54, 1.807) is 6.20 Å². The summed E-state index contributed by atoms with van der Waals surface area (Å²) >= 11 is 0. The molecular formula is C20H26N4O2. The third kappa shape index (κ3) is 2.72. The van der Waals surface area contributed by atoms with Gasteiger partial charge in [0.1, 0.15) is 11.3 Å². The van der Waals surface area contributed by atoms with E-state index in [-0.39, 0.29) is 12.5 Å². The van der Waals surface area contributed by atoms with Crippen LogP contribution in [-0.4, -0.2) is 44.4 Å². The summed E-state index contributed by atoms with van der Waals surface area (Å²) in [6.45, 7) is 3.06. The number of rotatable bonds is 3. The lowest BCUT2D eigenvalue weighted by Gasteiger charge is -2.42. The largest absolute Gasteiger partial charge is 0.382 e. The number of aliphatic hydroxyl groups is 1. The molecule has 1 amide bonds. The van der Waals surface area contributed by atoms with Crippen molar-refractivity contribution in [3.05, 3.63) is 47.3 Å². The SMILES string of the molecule is Cc1ccccc1C1(C(=O)N2CCCC(O)(c3cn[nH]n3)C2)CCCC1. The number of benzene rings is 1. The number of aromatic nitrogens is 3. The second-order valence-corrected chi connectivity index (χ2v) is 7.82. The van der Waals surface area contributed by atoms with Crippen molar-refractivity contribution in [2.45, 2.75) is 56.5 Å². The van der Waals surface area contributed by atoms with E-state index in [0.29, 0.717) is 18.7 Å². The van der Waals surface area contributed by atoms with Crippen molar-refractivity contribution in [1.29, 1.82) is 0 Å². The molecule has 2 aromatic rings. The number of β-amino-alcohol motifs (C(OH)–C–C–N with tert-alkyl or cyclic N) is 1. The van der Waals surface area contributed by atoms with Crippen LogP contribution in [0.1, 0.15) is 55.3 Å². The first-order valence-corrected chi connectivity index (χ1v) is 9.49. The summed E-state index contributed by atoms with van der Waals surface area (Å²) < 4.78 is 0.